The topological polar surface area (TPSA) is 73.2 Å². The van der Waals surface area contributed by atoms with Gasteiger partial charge in [-0.3, -0.25) is 14.5 Å². The molecule has 1 unspecified atom stereocenters. The number of amides is 2. The van der Waals surface area contributed by atoms with Crippen molar-refractivity contribution < 1.29 is 14.0 Å². The summed E-state index contributed by atoms with van der Waals surface area (Å²) in [5, 5.41) is 12.5. The standard InChI is InChI=1S/C25H17ClFN3O2S/c26-20-8-4-5-9-21(20)29-23(31)19(15-28)25-30(18-6-2-1-3-7-18)24(32)22(33-25)14-16-10-12-17(27)13-11-16/h1-13,22H,14H2,(H,29,31). The van der Waals surface area contributed by atoms with E-state index in [1.54, 1.807) is 60.7 Å². The number of nitrogens with zero attached hydrogens (tertiary/aromatic N) is 2. The van der Waals surface area contributed by atoms with Crippen molar-refractivity contribution >= 4 is 46.6 Å². The van der Waals surface area contributed by atoms with E-state index >= 15 is 0 Å². The Bertz CT molecular complexity index is 1270. The van der Waals surface area contributed by atoms with Crippen molar-refractivity contribution in [3.63, 3.8) is 0 Å². The number of halogens is 2. The number of nitriles is 1. The molecule has 1 aliphatic rings. The lowest BCUT2D eigenvalue weighted by atomic mass is 10.1. The molecule has 0 radical (unpaired) electrons. The first-order valence-electron chi connectivity index (χ1n) is 9.98. The lowest BCUT2D eigenvalue weighted by Crippen LogP contribution is -2.30. The van der Waals surface area contributed by atoms with Crippen LogP contribution in [0, 0.1) is 17.1 Å². The molecule has 3 aromatic carbocycles. The van der Waals surface area contributed by atoms with E-state index in [9.17, 15) is 19.2 Å². The van der Waals surface area contributed by atoms with Crippen LogP contribution < -0.4 is 10.2 Å². The summed E-state index contributed by atoms with van der Waals surface area (Å²) in [4.78, 5) is 27.8. The number of hydrogen-bond donors (Lipinski definition) is 1. The molecule has 0 spiro atoms. The predicted octanol–water partition coefficient (Wildman–Crippen LogP) is 5.54. The van der Waals surface area contributed by atoms with Gasteiger partial charge in [0.25, 0.3) is 5.91 Å². The maximum absolute atomic E-state index is 13.4. The monoisotopic (exact) mass is 477 g/mol. The van der Waals surface area contributed by atoms with Gasteiger partial charge in [-0.05, 0) is 48.4 Å². The van der Waals surface area contributed by atoms with Crippen molar-refractivity contribution in [3.05, 3.63) is 106 Å². The van der Waals surface area contributed by atoms with Crippen molar-refractivity contribution in [2.45, 2.75) is 11.7 Å². The van der Waals surface area contributed by atoms with Crippen LogP contribution >= 0.6 is 23.4 Å². The number of anilines is 2. The average Bonchev–Trinajstić information content (AvgIpc) is 3.13. The zero-order valence-corrected chi connectivity index (χ0v) is 18.7. The maximum Gasteiger partial charge on any atom is 0.269 e. The van der Waals surface area contributed by atoms with Gasteiger partial charge in [-0.15, -0.1) is 0 Å². The Morgan fingerprint density at radius 1 is 1.06 bits per heavy atom. The second-order valence-corrected chi connectivity index (χ2v) is 8.77. The quantitative estimate of drug-likeness (QED) is 0.386. The summed E-state index contributed by atoms with van der Waals surface area (Å²) in [5.74, 6) is -1.29. The summed E-state index contributed by atoms with van der Waals surface area (Å²) in [7, 11) is 0. The Balaban J connectivity index is 1.72. The van der Waals surface area contributed by atoms with Gasteiger partial charge in [-0.2, -0.15) is 5.26 Å². The van der Waals surface area contributed by atoms with Crippen molar-refractivity contribution in [3.8, 4) is 6.07 Å². The number of carbonyl (C=O) groups excluding carboxylic acids is 2. The number of thioether (sulfide) groups is 1. The Morgan fingerprint density at radius 3 is 2.39 bits per heavy atom. The molecule has 1 atom stereocenters. The highest BCUT2D eigenvalue weighted by Gasteiger charge is 2.40. The van der Waals surface area contributed by atoms with E-state index in [1.807, 2.05) is 12.1 Å². The molecule has 5 nitrogen and oxygen atoms in total. The number of benzene rings is 3. The fourth-order valence-corrected chi connectivity index (χ4v) is 4.87. The van der Waals surface area contributed by atoms with E-state index < -0.39 is 11.2 Å². The number of rotatable bonds is 5. The maximum atomic E-state index is 13.4. The first-order valence-corrected chi connectivity index (χ1v) is 11.2. The zero-order valence-electron chi connectivity index (χ0n) is 17.2. The minimum Gasteiger partial charge on any atom is -0.320 e. The number of para-hydroxylation sites is 2. The van der Waals surface area contributed by atoms with Gasteiger partial charge in [0, 0.05) is 5.69 Å². The van der Waals surface area contributed by atoms with E-state index in [-0.39, 0.29) is 22.3 Å². The lowest BCUT2D eigenvalue weighted by Gasteiger charge is -2.18. The van der Waals surface area contributed by atoms with Crippen LogP contribution in [0.25, 0.3) is 0 Å². The van der Waals surface area contributed by atoms with Gasteiger partial charge in [-0.25, -0.2) is 4.39 Å². The van der Waals surface area contributed by atoms with E-state index in [0.29, 0.717) is 22.8 Å². The van der Waals surface area contributed by atoms with Crippen molar-refractivity contribution in [2.24, 2.45) is 0 Å². The molecule has 1 fully saturated rings. The van der Waals surface area contributed by atoms with Crippen molar-refractivity contribution in [1.29, 1.82) is 5.26 Å². The minimum absolute atomic E-state index is 0.196. The molecule has 0 aliphatic carbocycles. The summed E-state index contributed by atoms with van der Waals surface area (Å²) in [5.41, 5.74) is 1.49. The van der Waals surface area contributed by atoms with Gasteiger partial charge < -0.3 is 5.32 Å². The fraction of sp³-hybridized carbons (Fsp3) is 0.0800. The zero-order chi connectivity index (χ0) is 23.4. The van der Waals surface area contributed by atoms with Gasteiger partial charge in [-0.1, -0.05) is 65.8 Å². The number of carbonyl (C=O) groups is 2. The molecule has 164 valence electrons. The molecule has 33 heavy (non-hydrogen) atoms. The van der Waals surface area contributed by atoms with E-state index in [1.165, 1.54) is 17.0 Å². The first kappa shape index (κ1) is 22.6. The molecular weight excluding hydrogens is 461 g/mol. The van der Waals surface area contributed by atoms with Crippen LogP contribution in [0.15, 0.2) is 89.5 Å². The molecule has 3 aromatic rings. The molecule has 1 saturated heterocycles. The summed E-state index contributed by atoms with van der Waals surface area (Å²) in [6.45, 7) is 0. The minimum atomic E-state index is -0.663. The van der Waals surface area contributed by atoms with Crippen LogP contribution in [0.1, 0.15) is 5.56 Å². The van der Waals surface area contributed by atoms with Crippen LogP contribution in [0.2, 0.25) is 5.02 Å². The van der Waals surface area contributed by atoms with Crippen LogP contribution in [0.5, 0.6) is 0 Å². The van der Waals surface area contributed by atoms with Crippen molar-refractivity contribution in [1.82, 2.24) is 0 Å². The smallest absolute Gasteiger partial charge is 0.269 e. The van der Waals surface area contributed by atoms with E-state index in [4.69, 9.17) is 11.6 Å². The Hall–Kier alpha value is -3.60. The normalized spacial score (nSPS) is 16.9. The lowest BCUT2D eigenvalue weighted by molar-refractivity contribution is -0.117. The van der Waals surface area contributed by atoms with Crippen LogP contribution in [0.4, 0.5) is 15.8 Å². The summed E-state index contributed by atoms with van der Waals surface area (Å²) < 4.78 is 13.3. The molecule has 0 bridgehead atoms. The molecular formula is C25H17ClFN3O2S. The summed E-state index contributed by atoms with van der Waals surface area (Å²) >= 11 is 7.28. The third-order valence-corrected chi connectivity index (χ3v) is 6.57. The van der Waals surface area contributed by atoms with E-state index in [0.717, 1.165) is 17.3 Å². The van der Waals surface area contributed by atoms with Gasteiger partial charge >= 0.3 is 0 Å². The van der Waals surface area contributed by atoms with Gasteiger partial charge in [0.1, 0.15) is 22.5 Å². The second-order valence-electron chi connectivity index (χ2n) is 7.17. The molecule has 1 heterocycles. The SMILES string of the molecule is N#CC(C(=O)Nc1ccccc1Cl)=C1SC(Cc2ccc(F)cc2)C(=O)N1c1ccccc1. The fourth-order valence-electron chi connectivity index (χ4n) is 3.38. The molecule has 1 N–H and O–H groups in total. The van der Waals surface area contributed by atoms with Crippen LogP contribution in [0.3, 0.4) is 0 Å². The Labute approximate surface area is 199 Å². The van der Waals surface area contributed by atoms with Gasteiger partial charge in [0.15, 0.2) is 0 Å². The highest BCUT2D eigenvalue weighted by Crippen LogP contribution is 2.42. The predicted molar refractivity (Wildman–Crippen MR) is 128 cm³/mol. The molecule has 4 rings (SSSR count). The number of hydrogen-bond acceptors (Lipinski definition) is 4. The first-order chi connectivity index (χ1) is 16.0. The highest BCUT2D eigenvalue weighted by atomic mass is 35.5. The average molecular weight is 478 g/mol. The Kier molecular flexibility index (Phi) is 6.78. The second kappa shape index (κ2) is 9.90. The molecule has 1 aliphatic heterocycles. The molecule has 2 amide bonds. The largest absolute Gasteiger partial charge is 0.320 e. The Morgan fingerprint density at radius 2 is 1.73 bits per heavy atom. The molecule has 8 heteroatoms. The van der Waals surface area contributed by atoms with Crippen LogP contribution in [-0.4, -0.2) is 17.1 Å². The number of nitrogens with one attached hydrogen (secondary N) is 1. The third-order valence-electron chi connectivity index (χ3n) is 4.98. The van der Waals surface area contributed by atoms with E-state index in [2.05, 4.69) is 5.32 Å². The molecule has 0 saturated carbocycles. The van der Waals surface area contributed by atoms with Crippen LogP contribution in [-0.2, 0) is 16.0 Å². The molecule has 0 aromatic heterocycles. The summed E-state index contributed by atoms with van der Waals surface area (Å²) in [6, 6.07) is 23.4. The highest BCUT2D eigenvalue weighted by molar-refractivity contribution is 8.05. The summed E-state index contributed by atoms with van der Waals surface area (Å²) in [6.07, 6.45) is 0.321. The third kappa shape index (κ3) is 4.92. The van der Waals surface area contributed by atoms with Gasteiger partial charge in [0.2, 0.25) is 5.91 Å². The van der Waals surface area contributed by atoms with Gasteiger partial charge in [0.05, 0.1) is 16.0 Å². The van der Waals surface area contributed by atoms with Crippen molar-refractivity contribution in [2.75, 3.05) is 10.2 Å².